The SMILES string of the molecule is CCC(Nc1ccc2c(-c3ccncc3)c(-c3ccc(F)cc3)[nH]c2n1)c1ccccc1. The van der Waals surface area contributed by atoms with Gasteiger partial charge in [-0.25, -0.2) is 9.37 Å². The van der Waals surface area contributed by atoms with E-state index in [-0.39, 0.29) is 11.9 Å². The average molecular weight is 423 g/mol. The first-order valence-corrected chi connectivity index (χ1v) is 10.7. The Morgan fingerprint density at radius 2 is 1.62 bits per heavy atom. The molecule has 0 aliphatic rings. The van der Waals surface area contributed by atoms with Gasteiger partial charge in [-0.3, -0.25) is 4.98 Å². The topological polar surface area (TPSA) is 53.6 Å². The summed E-state index contributed by atoms with van der Waals surface area (Å²) in [6, 6.07) is 25.1. The summed E-state index contributed by atoms with van der Waals surface area (Å²) in [6.45, 7) is 2.16. The molecule has 2 N–H and O–H groups in total. The molecule has 0 saturated heterocycles. The van der Waals surface area contributed by atoms with E-state index in [0.29, 0.717) is 0 Å². The minimum atomic E-state index is -0.258. The fourth-order valence-electron chi connectivity index (χ4n) is 4.09. The number of benzene rings is 2. The number of aromatic nitrogens is 3. The molecule has 0 aliphatic heterocycles. The van der Waals surface area contributed by atoms with Crippen molar-refractivity contribution in [1.82, 2.24) is 15.0 Å². The number of fused-ring (bicyclic) bond motifs is 1. The van der Waals surface area contributed by atoms with Gasteiger partial charge in [-0.05, 0) is 71.6 Å². The first kappa shape index (κ1) is 19.9. The van der Waals surface area contributed by atoms with Crippen molar-refractivity contribution in [3.05, 3.63) is 103 Å². The highest BCUT2D eigenvalue weighted by Gasteiger charge is 2.17. The second-order valence-corrected chi connectivity index (χ2v) is 7.73. The molecule has 3 heterocycles. The highest BCUT2D eigenvalue weighted by molar-refractivity contribution is 6.02. The Balaban J connectivity index is 1.60. The van der Waals surface area contributed by atoms with Gasteiger partial charge in [-0.2, -0.15) is 0 Å². The highest BCUT2D eigenvalue weighted by Crippen LogP contribution is 2.38. The molecule has 2 aromatic carbocycles. The molecule has 0 radical (unpaired) electrons. The quantitative estimate of drug-likeness (QED) is 0.310. The van der Waals surface area contributed by atoms with Crippen molar-refractivity contribution in [2.45, 2.75) is 19.4 Å². The van der Waals surface area contributed by atoms with Gasteiger partial charge in [-0.15, -0.1) is 0 Å². The average Bonchev–Trinajstić information content (AvgIpc) is 3.23. The Bertz CT molecular complexity index is 1330. The van der Waals surface area contributed by atoms with Crippen LogP contribution < -0.4 is 5.32 Å². The van der Waals surface area contributed by atoms with E-state index in [1.165, 1.54) is 17.7 Å². The van der Waals surface area contributed by atoms with E-state index in [0.717, 1.165) is 45.7 Å². The molecule has 1 atom stereocenters. The van der Waals surface area contributed by atoms with Gasteiger partial charge in [0.2, 0.25) is 0 Å². The number of hydrogen-bond acceptors (Lipinski definition) is 3. The molecular formula is C27H23FN4. The molecule has 0 aliphatic carbocycles. The lowest BCUT2D eigenvalue weighted by atomic mass is 10.00. The summed E-state index contributed by atoms with van der Waals surface area (Å²) in [5.74, 6) is 0.549. The maximum atomic E-state index is 13.5. The van der Waals surface area contributed by atoms with Crippen molar-refractivity contribution in [1.29, 1.82) is 0 Å². The van der Waals surface area contributed by atoms with Crippen LogP contribution in [0.5, 0.6) is 0 Å². The number of hydrogen-bond donors (Lipinski definition) is 2. The van der Waals surface area contributed by atoms with E-state index < -0.39 is 0 Å². The van der Waals surface area contributed by atoms with Gasteiger partial charge < -0.3 is 10.3 Å². The van der Waals surface area contributed by atoms with Crippen LogP contribution in [0.1, 0.15) is 24.9 Å². The van der Waals surface area contributed by atoms with Crippen LogP contribution in [-0.4, -0.2) is 15.0 Å². The van der Waals surface area contributed by atoms with Gasteiger partial charge in [0, 0.05) is 23.3 Å². The largest absolute Gasteiger partial charge is 0.363 e. The number of nitrogens with one attached hydrogen (secondary N) is 2. The lowest BCUT2D eigenvalue weighted by Gasteiger charge is -2.18. The Labute approximate surface area is 186 Å². The molecule has 1 unspecified atom stereocenters. The van der Waals surface area contributed by atoms with E-state index in [4.69, 9.17) is 4.98 Å². The lowest BCUT2D eigenvalue weighted by Crippen LogP contribution is -2.10. The third-order valence-corrected chi connectivity index (χ3v) is 5.69. The summed E-state index contributed by atoms with van der Waals surface area (Å²) >= 11 is 0. The number of anilines is 1. The van der Waals surface area contributed by atoms with Gasteiger partial charge in [0.05, 0.1) is 11.7 Å². The van der Waals surface area contributed by atoms with Gasteiger partial charge in [-0.1, -0.05) is 37.3 Å². The van der Waals surface area contributed by atoms with Crippen LogP contribution in [0.2, 0.25) is 0 Å². The zero-order valence-corrected chi connectivity index (χ0v) is 17.7. The third kappa shape index (κ3) is 3.85. The van der Waals surface area contributed by atoms with Crippen LogP contribution in [0.25, 0.3) is 33.4 Å². The number of pyridine rings is 2. The maximum absolute atomic E-state index is 13.5. The summed E-state index contributed by atoms with van der Waals surface area (Å²) in [7, 11) is 0. The number of H-pyrrole nitrogens is 1. The molecule has 5 rings (SSSR count). The van der Waals surface area contributed by atoms with Crippen LogP contribution in [0.4, 0.5) is 10.2 Å². The second kappa shape index (κ2) is 8.63. The Morgan fingerprint density at radius 1 is 0.875 bits per heavy atom. The molecule has 32 heavy (non-hydrogen) atoms. The molecule has 0 bridgehead atoms. The molecule has 5 heteroatoms. The van der Waals surface area contributed by atoms with Crippen molar-refractivity contribution in [2.24, 2.45) is 0 Å². The predicted molar refractivity (Wildman–Crippen MR) is 128 cm³/mol. The zero-order chi connectivity index (χ0) is 21.9. The fourth-order valence-corrected chi connectivity index (χ4v) is 4.09. The highest BCUT2D eigenvalue weighted by atomic mass is 19.1. The van der Waals surface area contributed by atoms with Gasteiger partial charge in [0.25, 0.3) is 0 Å². The van der Waals surface area contributed by atoms with Crippen molar-refractivity contribution in [2.75, 3.05) is 5.32 Å². The minimum absolute atomic E-state index is 0.173. The zero-order valence-electron chi connectivity index (χ0n) is 17.7. The Morgan fingerprint density at radius 3 is 2.34 bits per heavy atom. The number of halogens is 1. The van der Waals surface area contributed by atoms with Gasteiger partial charge in [0.15, 0.2) is 0 Å². The standard InChI is InChI=1S/C27H23FN4/c1-2-23(18-6-4-3-5-7-18)30-24-13-12-22-25(19-14-16-29-17-15-19)26(32-27(22)31-24)20-8-10-21(28)11-9-20/h3-17,23H,2H2,1H3,(H2,30,31,32). The fraction of sp³-hybridized carbons (Fsp3) is 0.111. The maximum Gasteiger partial charge on any atom is 0.140 e. The molecule has 0 saturated carbocycles. The summed E-state index contributed by atoms with van der Waals surface area (Å²) < 4.78 is 13.5. The molecular weight excluding hydrogens is 399 g/mol. The number of nitrogens with zero attached hydrogens (tertiary/aromatic N) is 2. The summed E-state index contributed by atoms with van der Waals surface area (Å²) in [5.41, 5.74) is 5.89. The third-order valence-electron chi connectivity index (χ3n) is 5.69. The molecule has 0 fully saturated rings. The molecule has 0 spiro atoms. The van der Waals surface area contributed by atoms with Crippen LogP contribution in [-0.2, 0) is 0 Å². The lowest BCUT2D eigenvalue weighted by molar-refractivity contribution is 0.628. The van der Waals surface area contributed by atoms with Gasteiger partial charge >= 0.3 is 0 Å². The monoisotopic (exact) mass is 422 g/mol. The normalized spacial score (nSPS) is 12.1. The van der Waals surface area contributed by atoms with E-state index in [1.807, 2.05) is 24.3 Å². The van der Waals surface area contributed by atoms with Crippen molar-refractivity contribution in [3.63, 3.8) is 0 Å². The molecule has 3 aromatic heterocycles. The second-order valence-electron chi connectivity index (χ2n) is 7.73. The van der Waals surface area contributed by atoms with Crippen LogP contribution in [0, 0.1) is 5.82 Å². The summed E-state index contributed by atoms with van der Waals surface area (Å²) in [5, 5.41) is 4.57. The van der Waals surface area contributed by atoms with Crippen molar-refractivity contribution in [3.8, 4) is 22.4 Å². The molecule has 0 amide bonds. The molecule has 5 aromatic rings. The van der Waals surface area contributed by atoms with E-state index in [1.54, 1.807) is 24.5 Å². The predicted octanol–water partition coefficient (Wildman–Crippen LogP) is 6.99. The van der Waals surface area contributed by atoms with E-state index >= 15 is 0 Å². The molecule has 4 nitrogen and oxygen atoms in total. The number of rotatable bonds is 6. The summed E-state index contributed by atoms with van der Waals surface area (Å²) in [6.07, 6.45) is 4.49. The van der Waals surface area contributed by atoms with E-state index in [9.17, 15) is 4.39 Å². The smallest absolute Gasteiger partial charge is 0.140 e. The van der Waals surface area contributed by atoms with Crippen LogP contribution in [0.15, 0.2) is 91.3 Å². The van der Waals surface area contributed by atoms with E-state index in [2.05, 4.69) is 52.5 Å². The van der Waals surface area contributed by atoms with Crippen molar-refractivity contribution < 1.29 is 4.39 Å². The van der Waals surface area contributed by atoms with Crippen molar-refractivity contribution >= 4 is 16.9 Å². The minimum Gasteiger partial charge on any atom is -0.363 e. The first-order valence-electron chi connectivity index (χ1n) is 10.7. The Kier molecular flexibility index (Phi) is 5.38. The number of aromatic amines is 1. The van der Waals surface area contributed by atoms with Gasteiger partial charge in [0.1, 0.15) is 17.3 Å². The Hall–Kier alpha value is -3.99. The summed E-state index contributed by atoms with van der Waals surface area (Å²) in [4.78, 5) is 12.5. The van der Waals surface area contributed by atoms with Crippen LogP contribution >= 0.6 is 0 Å². The van der Waals surface area contributed by atoms with Crippen LogP contribution in [0.3, 0.4) is 0 Å². The first-order chi connectivity index (χ1) is 15.7. The molecule has 158 valence electrons.